The number of carbonyl (C=O) groups is 1. The van der Waals surface area contributed by atoms with E-state index in [9.17, 15) is 9.18 Å². The van der Waals surface area contributed by atoms with Crippen LogP contribution in [0, 0.1) is 5.82 Å². The molecule has 0 aliphatic carbocycles. The van der Waals surface area contributed by atoms with Gasteiger partial charge in [-0.1, -0.05) is 29.3 Å². The van der Waals surface area contributed by atoms with Gasteiger partial charge < -0.3 is 4.57 Å². The lowest BCUT2D eigenvalue weighted by Crippen LogP contribution is -2.01. The molecular formula is C16H10Cl2FNO. The zero-order valence-corrected chi connectivity index (χ0v) is 12.5. The number of hydrogen-bond acceptors (Lipinski definition) is 1. The maximum absolute atomic E-state index is 13.5. The van der Waals surface area contributed by atoms with Crippen molar-refractivity contribution >= 4 is 39.9 Å². The van der Waals surface area contributed by atoms with E-state index >= 15 is 0 Å². The first-order valence-electron chi connectivity index (χ1n) is 6.21. The Balaban J connectivity index is 2.15. The van der Waals surface area contributed by atoms with Crippen molar-refractivity contribution < 1.29 is 9.18 Å². The standard InChI is InChI=1S/C16H10Cl2FNO/c1-20-8-12(11-4-3-10(17)7-15(11)20)16(21)9-2-5-13(18)14(19)6-9/h2-8H,1H3. The van der Waals surface area contributed by atoms with Gasteiger partial charge in [-0.2, -0.15) is 0 Å². The monoisotopic (exact) mass is 321 g/mol. The number of carbonyl (C=O) groups excluding carboxylic acids is 1. The first-order valence-corrected chi connectivity index (χ1v) is 6.97. The predicted octanol–water partition coefficient (Wildman–Crippen LogP) is 4.86. The number of fused-ring (bicyclic) bond motifs is 1. The fraction of sp³-hybridized carbons (Fsp3) is 0.0625. The van der Waals surface area contributed by atoms with Crippen molar-refractivity contribution in [1.29, 1.82) is 0 Å². The fourth-order valence-electron chi connectivity index (χ4n) is 2.33. The Morgan fingerprint density at radius 1 is 1.14 bits per heavy atom. The van der Waals surface area contributed by atoms with E-state index in [1.54, 1.807) is 24.4 Å². The second-order valence-electron chi connectivity index (χ2n) is 4.77. The van der Waals surface area contributed by atoms with Gasteiger partial charge in [0.1, 0.15) is 5.82 Å². The Hall–Kier alpha value is -1.84. The molecule has 0 amide bonds. The molecule has 0 spiro atoms. The molecule has 0 aliphatic rings. The molecule has 21 heavy (non-hydrogen) atoms. The van der Waals surface area contributed by atoms with E-state index < -0.39 is 5.82 Å². The van der Waals surface area contributed by atoms with Crippen molar-refractivity contribution in [3.63, 3.8) is 0 Å². The van der Waals surface area contributed by atoms with Crippen LogP contribution in [0.5, 0.6) is 0 Å². The van der Waals surface area contributed by atoms with Gasteiger partial charge in [0.05, 0.1) is 5.02 Å². The number of nitrogens with zero attached hydrogens (tertiary/aromatic N) is 1. The second-order valence-corrected chi connectivity index (χ2v) is 5.62. The molecule has 1 heterocycles. The average Bonchev–Trinajstić information content (AvgIpc) is 2.78. The molecule has 0 aliphatic heterocycles. The summed E-state index contributed by atoms with van der Waals surface area (Å²) in [5.74, 6) is -0.857. The van der Waals surface area contributed by atoms with Crippen LogP contribution >= 0.6 is 23.2 Å². The SMILES string of the molecule is Cn1cc(C(=O)c2ccc(Cl)c(F)c2)c2ccc(Cl)cc21. The number of ketones is 1. The van der Waals surface area contributed by atoms with Crippen molar-refractivity contribution in [2.75, 3.05) is 0 Å². The Morgan fingerprint density at radius 2 is 1.90 bits per heavy atom. The minimum atomic E-state index is -0.606. The highest BCUT2D eigenvalue weighted by molar-refractivity contribution is 6.32. The summed E-state index contributed by atoms with van der Waals surface area (Å²) < 4.78 is 15.3. The summed E-state index contributed by atoms with van der Waals surface area (Å²) in [6.07, 6.45) is 1.72. The third-order valence-electron chi connectivity index (χ3n) is 3.38. The number of halogens is 3. The molecule has 3 rings (SSSR count). The summed E-state index contributed by atoms with van der Waals surface area (Å²) in [6.45, 7) is 0. The van der Waals surface area contributed by atoms with Gasteiger partial charge in [0, 0.05) is 40.3 Å². The van der Waals surface area contributed by atoms with E-state index in [0.29, 0.717) is 10.6 Å². The number of aromatic nitrogens is 1. The smallest absolute Gasteiger partial charge is 0.195 e. The van der Waals surface area contributed by atoms with Gasteiger partial charge in [-0.3, -0.25) is 4.79 Å². The zero-order valence-electron chi connectivity index (χ0n) is 11.0. The molecule has 0 atom stereocenters. The Labute approximate surface area is 130 Å². The molecule has 2 nitrogen and oxygen atoms in total. The molecule has 106 valence electrons. The summed E-state index contributed by atoms with van der Waals surface area (Å²) in [4.78, 5) is 12.6. The van der Waals surface area contributed by atoms with E-state index in [-0.39, 0.29) is 16.4 Å². The van der Waals surface area contributed by atoms with Gasteiger partial charge in [0.25, 0.3) is 0 Å². The molecule has 0 N–H and O–H groups in total. The Bertz CT molecular complexity index is 870. The minimum Gasteiger partial charge on any atom is -0.350 e. The summed E-state index contributed by atoms with van der Waals surface area (Å²) >= 11 is 11.6. The van der Waals surface area contributed by atoms with Crippen LogP contribution in [-0.4, -0.2) is 10.4 Å². The molecule has 0 fully saturated rings. The zero-order chi connectivity index (χ0) is 15.1. The number of aryl methyl sites for hydroxylation is 1. The highest BCUT2D eigenvalue weighted by Crippen LogP contribution is 2.27. The van der Waals surface area contributed by atoms with Gasteiger partial charge in [-0.25, -0.2) is 4.39 Å². The van der Waals surface area contributed by atoms with Crippen molar-refractivity contribution in [2.24, 2.45) is 7.05 Å². The molecule has 0 radical (unpaired) electrons. The summed E-state index contributed by atoms with van der Waals surface area (Å²) in [5.41, 5.74) is 1.62. The van der Waals surface area contributed by atoms with Crippen LogP contribution in [0.3, 0.4) is 0 Å². The van der Waals surface area contributed by atoms with Gasteiger partial charge >= 0.3 is 0 Å². The topological polar surface area (TPSA) is 22.0 Å². The maximum Gasteiger partial charge on any atom is 0.195 e. The molecule has 5 heteroatoms. The van der Waals surface area contributed by atoms with Gasteiger partial charge in [-0.15, -0.1) is 0 Å². The third-order valence-corrected chi connectivity index (χ3v) is 3.92. The van der Waals surface area contributed by atoms with Crippen LogP contribution in [0.4, 0.5) is 4.39 Å². The third kappa shape index (κ3) is 2.43. The minimum absolute atomic E-state index is 0.00347. The van der Waals surface area contributed by atoms with Crippen molar-refractivity contribution in [3.8, 4) is 0 Å². The molecule has 0 unspecified atom stereocenters. The van der Waals surface area contributed by atoms with E-state index in [1.165, 1.54) is 12.1 Å². The van der Waals surface area contributed by atoms with Gasteiger partial charge in [0.15, 0.2) is 5.78 Å². The van der Waals surface area contributed by atoms with Gasteiger partial charge in [0.2, 0.25) is 0 Å². The van der Waals surface area contributed by atoms with Gasteiger partial charge in [-0.05, 0) is 30.3 Å². The summed E-state index contributed by atoms with van der Waals surface area (Å²) in [7, 11) is 1.83. The van der Waals surface area contributed by atoms with Crippen LogP contribution in [0.25, 0.3) is 10.9 Å². The van der Waals surface area contributed by atoms with Crippen LogP contribution in [-0.2, 0) is 7.05 Å². The van der Waals surface area contributed by atoms with Crippen molar-refractivity contribution in [3.05, 3.63) is 69.6 Å². The highest BCUT2D eigenvalue weighted by atomic mass is 35.5. The fourth-order valence-corrected chi connectivity index (χ4v) is 2.61. The Morgan fingerprint density at radius 3 is 2.62 bits per heavy atom. The van der Waals surface area contributed by atoms with Crippen LogP contribution < -0.4 is 0 Å². The summed E-state index contributed by atoms with van der Waals surface area (Å²) in [6, 6.07) is 9.35. The first kappa shape index (κ1) is 14.1. The predicted molar refractivity (Wildman–Crippen MR) is 82.8 cm³/mol. The maximum atomic E-state index is 13.5. The van der Waals surface area contributed by atoms with Crippen molar-refractivity contribution in [2.45, 2.75) is 0 Å². The quantitative estimate of drug-likeness (QED) is 0.618. The van der Waals surface area contributed by atoms with E-state index in [2.05, 4.69) is 0 Å². The molecule has 0 bridgehead atoms. The number of benzene rings is 2. The largest absolute Gasteiger partial charge is 0.350 e. The molecule has 2 aromatic carbocycles. The lowest BCUT2D eigenvalue weighted by molar-refractivity contribution is 0.103. The Kier molecular flexibility index (Phi) is 3.47. The van der Waals surface area contributed by atoms with Crippen LogP contribution in [0.15, 0.2) is 42.6 Å². The molecule has 0 saturated heterocycles. The summed E-state index contributed by atoms with van der Waals surface area (Å²) in [5, 5.41) is 1.37. The lowest BCUT2D eigenvalue weighted by Gasteiger charge is -2.01. The highest BCUT2D eigenvalue weighted by Gasteiger charge is 2.17. The average molecular weight is 322 g/mol. The number of rotatable bonds is 2. The normalized spacial score (nSPS) is 11.0. The van der Waals surface area contributed by atoms with Crippen LogP contribution in [0.2, 0.25) is 10.0 Å². The van der Waals surface area contributed by atoms with E-state index in [0.717, 1.165) is 17.0 Å². The first-order chi connectivity index (χ1) is 9.97. The molecule has 0 saturated carbocycles. The number of hydrogen-bond donors (Lipinski definition) is 0. The molecular weight excluding hydrogens is 312 g/mol. The van der Waals surface area contributed by atoms with E-state index in [1.807, 2.05) is 11.6 Å². The molecule has 3 aromatic rings. The molecule has 1 aromatic heterocycles. The second kappa shape index (κ2) is 5.17. The lowest BCUT2D eigenvalue weighted by atomic mass is 10.0. The van der Waals surface area contributed by atoms with E-state index in [4.69, 9.17) is 23.2 Å². The van der Waals surface area contributed by atoms with Crippen LogP contribution in [0.1, 0.15) is 15.9 Å². The van der Waals surface area contributed by atoms with Crippen molar-refractivity contribution in [1.82, 2.24) is 4.57 Å².